The van der Waals surface area contributed by atoms with Crippen LogP contribution < -0.4 is 9.47 Å². The average Bonchev–Trinajstić information content (AvgIpc) is 2.64. The van der Waals surface area contributed by atoms with Crippen LogP contribution in [0.25, 0.3) is 0 Å². The molecule has 0 saturated carbocycles. The van der Waals surface area contributed by atoms with Gasteiger partial charge in [-0.1, -0.05) is 59.5 Å². The number of halogens is 2. The fourth-order valence-electron chi connectivity index (χ4n) is 2.29. The minimum atomic E-state index is -1.20. The van der Waals surface area contributed by atoms with E-state index in [1.807, 2.05) is 6.92 Å². The molecular formula is C19H19Cl2NO5. The molecule has 0 unspecified atom stereocenters. The fourth-order valence-corrected chi connectivity index (χ4v) is 2.87. The molecule has 0 radical (unpaired) electrons. The molecule has 27 heavy (non-hydrogen) atoms. The van der Waals surface area contributed by atoms with Crippen molar-refractivity contribution in [2.75, 3.05) is 13.7 Å². The molecule has 0 bridgehead atoms. The maximum absolute atomic E-state index is 11.4. The Bertz CT molecular complexity index is 816. The molecule has 0 aromatic heterocycles. The number of aliphatic carboxylic acids is 1. The number of carboxylic acid groups (broad SMARTS) is 1. The second-order valence-electron chi connectivity index (χ2n) is 5.44. The predicted molar refractivity (Wildman–Crippen MR) is 104 cm³/mol. The molecule has 0 heterocycles. The Kier molecular flexibility index (Phi) is 7.76. The van der Waals surface area contributed by atoms with Crippen molar-refractivity contribution in [2.24, 2.45) is 5.16 Å². The highest BCUT2D eigenvalue weighted by molar-refractivity contribution is 6.42. The second-order valence-corrected chi connectivity index (χ2v) is 6.25. The van der Waals surface area contributed by atoms with Crippen molar-refractivity contribution >= 4 is 34.9 Å². The summed E-state index contributed by atoms with van der Waals surface area (Å²) in [5.41, 5.74) is 0.803. The number of carbonyl (C=O) groups is 1. The topological polar surface area (TPSA) is 77.3 Å². The van der Waals surface area contributed by atoms with Crippen molar-refractivity contribution in [3.63, 3.8) is 0 Å². The highest BCUT2D eigenvalue weighted by Crippen LogP contribution is 2.37. The molecule has 8 heteroatoms. The van der Waals surface area contributed by atoms with E-state index in [9.17, 15) is 9.90 Å². The molecule has 1 N–H and O–H groups in total. The summed E-state index contributed by atoms with van der Waals surface area (Å²) in [5.74, 6) is -0.356. The van der Waals surface area contributed by atoms with Crippen LogP contribution in [0.3, 0.4) is 0 Å². The van der Waals surface area contributed by atoms with Gasteiger partial charge in [0.25, 0.3) is 0 Å². The third kappa shape index (κ3) is 5.52. The Morgan fingerprint density at radius 3 is 2.41 bits per heavy atom. The van der Waals surface area contributed by atoms with Gasteiger partial charge in [-0.05, 0) is 12.0 Å². The van der Waals surface area contributed by atoms with E-state index in [2.05, 4.69) is 9.99 Å². The van der Waals surface area contributed by atoms with E-state index >= 15 is 0 Å². The Balaban J connectivity index is 2.23. The van der Waals surface area contributed by atoms with Crippen LogP contribution in [0.4, 0.5) is 0 Å². The monoisotopic (exact) mass is 411 g/mol. The molecule has 144 valence electrons. The third-order valence-electron chi connectivity index (χ3n) is 3.47. The van der Waals surface area contributed by atoms with Crippen molar-refractivity contribution in [2.45, 2.75) is 20.0 Å². The minimum Gasteiger partial charge on any atom is -0.490 e. The van der Waals surface area contributed by atoms with Gasteiger partial charge in [-0.15, -0.1) is 0 Å². The first-order valence-electron chi connectivity index (χ1n) is 8.15. The van der Waals surface area contributed by atoms with Crippen LogP contribution in [0.15, 0.2) is 41.6 Å². The first-order chi connectivity index (χ1) is 13.0. The van der Waals surface area contributed by atoms with Gasteiger partial charge in [-0.25, -0.2) is 4.79 Å². The van der Waals surface area contributed by atoms with E-state index in [4.69, 9.17) is 32.7 Å². The summed E-state index contributed by atoms with van der Waals surface area (Å²) in [6, 6.07) is 10.1. The molecular weight excluding hydrogens is 393 g/mol. The van der Waals surface area contributed by atoms with Gasteiger partial charge in [0.15, 0.2) is 11.5 Å². The molecule has 0 fully saturated rings. The number of oxime groups is 1. The van der Waals surface area contributed by atoms with Crippen molar-refractivity contribution < 1.29 is 24.2 Å². The van der Waals surface area contributed by atoms with E-state index in [0.29, 0.717) is 39.3 Å². The largest absolute Gasteiger partial charge is 0.490 e. The van der Waals surface area contributed by atoms with Crippen LogP contribution in [0.2, 0.25) is 10.0 Å². The zero-order valence-corrected chi connectivity index (χ0v) is 16.4. The Morgan fingerprint density at radius 2 is 1.81 bits per heavy atom. The lowest BCUT2D eigenvalue weighted by Crippen LogP contribution is -2.17. The van der Waals surface area contributed by atoms with E-state index in [0.717, 1.165) is 6.42 Å². The molecule has 0 aliphatic heterocycles. The summed E-state index contributed by atoms with van der Waals surface area (Å²) < 4.78 is 11.3. The maximum atomic E-state index is 11.4. The molecule has 0 aliphatic carbocycles. The van der Waals surface area contributed by atoms with Gasteiger partial charge in [0, 0.05) is 17.7 Å². The molecule has 0 aliphatic rings. The number of hydrogen-bond acceptors (Lipinski definition) is 5. The van der Waals surface area contributed by atoms with Crippen LogP contribution in [-0.4, -0.2) is 30.5 Å². The Hall–Kier alpha value is -2.44. The van der Waals surface area contributed by atoms with Crippen LogP contribution in [0.1, 0.15) is 24.5 Å². The number of benzene rings is 2. The normalized spacial score (nSPS) is 11.2. The molecule has 2 aromatic rings. The Morgan fingerprint density at radius 1 is 1.15 bits per heavy atom. The number of carboxylic acids is 1. The van der Waals surface area contributed by atoms with Gasteiger partial charge in [-0.2, -0.15) is 0 Å². The molecule has 0 amide bonds. The smallest absolute Gasteiger partial charge is 0.358 e. The van der Waals surface area contributed by atoms with Crippen molar-refractivity contribution in [3.05, 3.63) is 57.6 Å². The number of rotatable bonds is 9. The van der Waals surface area contributed by atoms with E-state index in [-0.39, 0.29) is 12.3 Å². The van der Waals surface area contributed by atoms with Crippen LogP contribution >= 0.6 is 23.2 Å². The molecule has 2 aromatic carbocycles. The Labute approximate surface area is 167 Å². The van der Waals surface area contributed by atoms with Gasteiger partial charge in [0.1, 0.15) is 19.5 Å². The van der Waals surface area contributed by atoms with Gasteiger partial charge in [-0.3, -0.25) is 0 Å². The predicted octanol–water partition coefficient (Wildman–Crippen LogP) is 4.80. The number of ether oxygens (including phenoxy) is 2. The molecule has 2 rings (SSSR count). The molecule has 0 saturated heterocycles. The summed E-state index contributed by atoms with van der Waals surface area (Å²) in [6.07, 6.45) is 0.830. The zero-order chi connectivity index (χ0) is 19.8. The van der Waals surface area contributed by atoms with Gasteiger partial charge in [0.2, 0.25) is 0 Å². The zero-order valence-electron chi connectivity index (χ0n) is 14.9. The second kappa shape index (κ2) is 10.0. The third-order valence-corrected chi connectivity index (χ3v) is 4.04. The quantitative estimate of drug-likeness (QED) is 0.473. The molecule has 0 spiro atoms. The number of hydrogen-bond donors (Lipinski definition) is 1. The van der Waals surface area contributed by atoms with Gasteiger partial charge < -0.3 is 19.4 Å². The van der Waals surface area contributed by atoms with Crippen LogP contribution in [-0.2, 0) is 16.2 Å². The standard InChI is InChI=1S/C19H19Cl2NO5/c1-3-8-26-18-15(20)9-13(10-16(18)21)27-11-12-6-4-5-7-14(12)17(19(23)24)22-25-2/h4-7,9-10H,3,8,11H2,1-2H3,(H,23,24)/b22-17+. The van der Waals surface area contributed by atoms with E-state index in [1.54, 1.807) is 36.4 Å². The number of nitrogens with zero attached hydrogens (tertiary/aromatic N) is 1. The molecule has 6 nitrogen and oxygen atoms in total. The summed E-state index contributed by atoms with van der Waals surface area (Å²) >= 11 is 12.4. The SMILES string of the molecule is CCCOc1c(Cl)cc(OCc2ccccc2/C(=N\OC)C(=O)O)cc1Cl. The van der Waals surface area contributed by atoms with Crippen LogP contribution in [0, 0.1) is 0 Å². The van der Waals surface area contributed by atoms with Gasteiger partial charge >= 0.3 is 5.97 Å². The maximum Gasteiger partial charge on any atom is 0.358 e. The van der Waals surface area contributed by atoms with Crippen LogP contribution in [0.5, 0.6) is 11.5 Å². The highest BCUT2D eigenvalue weighted by atomic mass is 35.5. The lowest BCUT2D eigenvalue weighted by molar-refractivity contribution is -0.129. The lowest BCUT2D eigenvalue weighted by Gasteiger charge is -2.13. The lowest BCUT2D eigenvalue weighted by atomic mass is 10.0. The van der Waals surface area contributed by atoms with Crippen molar-refractivity contribution in [3.8, 4) is 11.5 Å². The van der Waals surface area contributed by atoms with Gasteiger partial charge in [0.05, 0.1) is 16.7 Å². The molecule has 0 atom stereocenters. The highest BCUT2D eigenvalue weighted by Gasteiger charge is 2.18. The minimum absolute atomic E-state index is 0.0913. The van der Waals surface area contributed by atoms with E-state index in [1.165, 1.54) is 7.11 Å². The first-order valence-corrected chi connectivity index (χ1v) is 8.90. The van der Waals surface area contributed by atoms with E-state index < -0.39 is 5.97 Å². The average molecular weight is 412 g/mol. The first kappa shape index (κ1) is 20.9. The summed E-state index contributed by atoms with van der Waals surface area (Å²) in [7, 11) is 1.29. The summed E-state index contributed by atoms with van der Waals surface area (Å²) in [4.78, 5) is 16.1. The van der Waals surface area contributed by atoms with Crippen molar-refractivity contribution in [1.82, 2.24) is 0 Å². The summed E-state index contributed by atoms with van der Waals surface area (Å²) in [5, 5.41) is 13.6. The van der Waals surface area contributed by atoms with Crippen molar-refractivity contribution in [1.29, 1.82) is 0 Å². The summed E-state index contributed by atoms with van der Waals surface area (Å²) in [6.45, 7) is 2.58. The fraction of sp³-hybridized carbons (Fsp3) is 0.263.